The molecule has 140 valence electrons. The maximum Gasteiger partial charge on any atom is 0.490 e. The Morgan fingerprint density at radius 1 is 1.15 bits per heavy atom. The van der Waals surface area contributed by atoms with E-state index in [1.54, 1.807) is 6.07 Å². The number of rotatable bonds is 3. The predicted molar refractivity (Wildman–Crippen MR) is 101 cm³/mol. The fraction of sp³-hybridized carbons (Fsp3) is 0.684. The number of carbonyl (C=O) groups is 1. The predicted octanol–water partition coefficient (Wildman–Crippen LogP) is 0.793. The summed E-state index contributed by atoms with van der Waals surface area (Å²) in [5.41, 5.74) is 1.30. The minimum Gasteiger partial charge on any atom is -0.423 e. The molecule has 4 rings (SSSR count). The number of nitrogens with zero attached hydrogens (tertiary/aromatic N) is 3. The number of likely N-dealkylation sites (tertiary alicyclic amines) is 1. The molecule has 1 saturated carbocycles. The summed E-state index contributed by atoms with van der Waals surface area (Å²) in [6.45, 7) is 8.42. The third-order valence-corrected chi connectivity index (χ3v) is 6.63. The lowest BCUT2D eigenvalue weighted by Gasteiger charge is -2.55. The molecule has 0 unspecified atom stereocenters. The van der Waals surface area contributed by atoms with Gasteiger partial charge in [0.05, 0.1) is 16.8 Å². The van der Waals surface area contributed by atoms with Crippen LogP contribution in [0.5, 0.6) is 0 Å². The van der Waals surface area contributed by atoms with Gasteiger partial charge in [0.2, 0.25) is 5.91 Å². The number of aromatic nitrogens is 1. The van der Waals surface area contributed by atoms with Crippen molar-refractivity contribution >= 4 is 24.2 Å². The molecule has 2 fully saturated rings. The number of hydrogen-bond acceptors (Lipinski definition) is 5. The average molecular weight is 357 g/mol. The molecule has 3 heterocycles. The van der Waals surface area contributed by atoms with Gasteiger partial charge in [-0.15, -0.1) is 0 Å². The number of piperidine rings is 1. The van der Waals surface area contributed by atoms with Crippen LogP contribution in [0.2, 0.25) is 0 Å². The standard InChI is InChI=1S/C19H28BN3O3/c1-18(2)16-15(9-13(12-21-16)20(25)26)23(17(18)24)14-10-19(3,11-14)22-7-5-4-6-8-22/h9,12,14,25-26H,4-8,10-11H2,1-3H3. The van der Waals surface area contributed by atoms with Crippen molar-refractivity contribution in [1.29, 1.82) is 0 Å². The number of anilines is 1. The fourth-order valence-corrected chi connectivity index (χ4v) is 4.98. The maximum absolute atomic E-state index is 13.1. The smallest absolute Gasteiger partial charge is 0.423 e. The SMILES string of the molecule is CC1(C)C(=O)N(C2CC(C)(N3CCCCC3)C2)c2cc(B(O)O)cnc21. The van der Waals surface area contributed by atoms with Gasteiger partial charge in [-0.2, -0.15) is 0 Å². The average Bonchev–Trinajstić information content (AvgIpc) is 2.79. The first-order valence-electron chi connectivity index (χ1n) is 9.69. The Morgan fingerprint density at radius 3 is 2.42 bits per heavy atom. The fourth-order valence-electron chi connectivity index (χ4n) is 4.98. The summed E-state index contributed by atoms with van der Waals surface area (Å²) in [6.07, 6.45) is 7.22. The van der Waals surface area contributed by atoms with Gasteiger partial charge in [-0.1, -0.05) is 6.42 Å². The molecule has 0 radical (unpaired) electrons. The van der Waals surface area contributed by atoms with Crippen molar-refractivity contribution < 1.29 is 14.8 Å². The van der Waals surface area contributed by atoms with Gasteiger partial charge in [0.25, 0.3) is 0 Å². The highest BCUT2D eigenvalue weighted by Gasteiger charge is 2.54. The normalized spacial score (nSPS) is 30.9. The molecule has 1 saturated heterocycles. The van der Waals surface area contributed by atoms with E-state index in [-0.39, 0.29) is 17.5 Å². The van der Waals surface area contributed by atoms with E-state index in [4.69, 9.17) is 0 Å². The molecule has 26 heavy (non-hydrogen) atoms. The van der Waals surface area contributed by atoms with E-state index in [9.17, 15) is 14.8 Å². The van der Waals surface area contributed by atoms with Crippen molar-refractivity contribution in [3.05, 3.63) is 18.0 Å². The van der Waals surface area contributed by atoms with Crippen LogP contribution in [0.3, 0.4) is 0 Å². The molecule has 1 amide bonds. The summed E-state index contributed by atoms with van der Waals surface area (Å²) in [5, 5.41) is 19.0. The molecular formula is C19H28BN3O3. The zero-order chi connectivity index (χ0) is 18.7. The molecule has 2 aliphatic heterocycles. The third kappa shape index (κ3) is 2.60. The minimum absolute atomic E-state index is 0.0651. The molecule has 3 aliphatic rings. The van der Waals surface area contributed by atoms with Crippen molar-refractivity contribution in [2.75, 3.05) is 18.0 Å². The second-order valence-corrected chi connectivity index (χ2v) is 8.92. The van der Waals surface area contributed by atoms with Crippen molar-refractivity contribution in [3.8, 4) is 0 Å². The van der Waals surface area contributed by atoms with Gasteiger partial charge in [0.1, 0.15) is 0 Å². The van der Waals surface area contributed by atoms with Crippen LogP contribution in [-0.4, -0.2) is 57.6 Å². The molecule has 1 aliphatic carbocycles. The van der Waals surface area contributed by atoms with Crippen molar-refractivity contribution in [2.24, 2.45) is 0 Å². The number of hydrogen-bond donors (Lipinski definition) is 2. The van der Waals surface area contributed by atoms with Crippen LogP contribution in [0.4, 0.5) is 5.69 Å². The van der Waals surface area contributed by atoms with E-state index in [1.165, 1.54) is 25.5 Å². The van der Waals surface area contributed by atoms with Crippen molar-refractivity contribution in [1.82, 2.24) is 9.88 Å². The largest absolute Gasteiger partial charge is 0.490 e. The van der Waals surface area contributed by atoms with Gasteiger partial charge in [-0.25, -0.2) is 0 Å². The number of fused-ring (bicyclic) bond motifs is 1. The monoisotopic (exact) mass is 357 g/mol. The van der Waals surface area contributed by atoms with Crippen molar-refractivity contribution in [2.45, 2.75) is 69.9 Å². The first-order valence-corrected chi connectivity index (χ1v) is 9.69. The molecular weight excluding hydrogens is 329 g/mol. The van der Waals surface area contributed by atoms with Gasteiger partial charge in [0.15, 0.2) is 0 Å². The second kappa shape index (κ2) is 6.04. The third-order valence-electron chi connectivity index (χ3n) is 6.63. The Balaban J connectivity index is 1.60. The summed E-state index contributed by atoms with van der Waals surface area (Å²) < 4.78 is 0. The highest BCUT2D eigenvalue weighted by atomic mass is 16.4. The topological polar surface area (TPSA) is 76.9 Å². The first-order chi connectivity index (χ1) is 12.2. The highest BCUT2D eigenvalue weighted by Crippen LogP contribution is 2.48. The highest BCUT2D eigenvalue weighted by molar-refractivity contribution is 6.58. The lowest BCUT2D eigenvalue weighted by molar-refractivity contribution is -0.123. The van der Waals surface area contributed by atoms with E-state index < -0.39 is 12.5 Å². The van der Waals surface area contributed by atoms with Gasteiger partial charge < -0.3 is 14.9 Å². The maximum atomic E-state index is 13.1. The van der Waals surface area contributed by atoms with Gasteiger partial charge >= 0.3 is 7.12 Å². The van der Waals surface area contributed by atoms with Crippen LogP contribution in [0.1, 0.15) is 58.6 Å². The van der Waals surface area contributed by atoms with E-state index >= 15 is 0 Å². The van der Waals surface area contributed by atoms with Crippen LogP contribution >= 0.6 is 0 Å². The molecule has 1 aromatic rings. The quantitative estimate of drug-likeness (QED) is 0.783. The molecule has 2 N–H and O–H groups in total. The Bertz CT molecular complexity index is 725. The molecule has 6 nitrogen and oxygen atoms in total. The van der Waals surface area contributed by atoms with Crippen LogP contribution in [0.15, 0.2) is 12.3 Å². The summed E-state index contributed by atoms with van der Waals surface area (Å²) in [5.74, 6) is 0.0651. The Labute approximate surface area is 155 Å². The number of amides is 1. The van der Waals surface area contributed by atoms with E-state index in [0.717, 1.165) is 37.3 Å². The lowest BCUT2D eigenvalue weighted by Crippen LogP contribution is -2.64. The number of carbonyl (C=O) groups excluding carboxylic acids is 1. The van der Waals surface area contributed by atoms with Crippen molar-refractivity contribution in [3.63, 3.8) is 0 Å². The second-order valence-electron chi connectivity index (χ2n) is 8.92. The van der Waals surface area contributed by atoms with E-state index in [2.05, 4.69) is 16.8 Å². The summed E-state index contributed by atoms with van der Waals surface area (Å²) in [6, 6.07) is 1.87. The summed E-state index contributed by atoms with van der Waals surface area (Å²) in [4.78, 5) is 22.0. The Kier molecular flexibility index (Phi) is 4.17. The molecule has 7 heteroatoms. The lowest BCUT2D eigenvalue weighted by atomic mass is 9.71. The van der Waals surface area contributed by atoms with E-state index in [1.807, 2.05) is 18.7 Å². The van der Waals surface area contributed by atoms with E-state index in [0.29, 0.717) is 5.46 Å². The van der Waals surface area contributed by atoms with Crippen LogP contribution in [0, 0.1) is 0 Å². The van der Waals surface area contributed by atoms with Crippen LogP contribution in [0.25, 0.3) is 0 Å². The van der Waals surface area contributed by atoms with Gasteiger partial charge in [0, 0.05) is 23.2 Å². The van der Waals surface area contributed by atoms with Gasteiger partial charge in [-0.05, 0) is 65.6 Å². The molecule has 0 spiro atoms. The molecule has 0 bridgehead atoms. The zero-order valence-corrected chi connectivity index (χ0v) is 15.9. The summed E-state index contributed by atoms with van der Waals surface area (Å²) >= 11 is 0. The molecule has 0 atom stereocenters. The molecule has 0 aromatic carbocycles. The summed E-state index contributed by atoms with van der Waals surface area (Å²) in [7, 11) is -1.58. The zero-order valence-electron chi connectivity index (χ0n) is 15.9. The Morgan fingerprint density at radius 2 is 1.81 bits per heavy atom. The van der Waals surface area contributed by atoms with Crippen LogP contribution in [-0.2, 0) is 10.2 Å². The Hall–Kier alpha value is -1.44. The minimum atomic E-state index is -1.58. The molecule has 1 aromatic heterocycles. The number of pyridine rings is 1. The first kappa shape index (κ1) is 18.0. The van der Waals surface area contributed by atoms with Gasteiger partial charge in [-0.3, -0.25) is 14.7 Å². The van der Waals surface area contributed by atoms with Crippen LogP contribution < -0.4 is 10.4 Å².